The van der Waals surface area contributed by atoms with Crippen LogP contribution in [0.1, 0.15) is 11.4 Å². The average Bonchev–Trinajstić information content (AvgIpc) is 1.94. The fraction of sp³-hybridized carbons (Fsp3) is 0.333. The summed E-state index contributed by atoms with van der Waals surface area (Å²) in [6, 6.07) is 0. The largest absolute Gasteiger partial charge is 0.435 e. The van der Waals surface area contributed by atoms with E-state index in [1.165, 1.54) is 6.92 Å². The topological polar surface area (TPSA) is 51.8 Å². The summed E-state index contributed by atoms with van der Waals surface area (Å²) in [5.74, 6) is -0.202. The number of rotatable bonds is 0. The van der Waals surface area contributed by atoms with E-state index in [4.69, 9.17) is 17.3 Å². The molecule has 0 atom stereocenters. The number of nitrogen functional groups attached to an aromatic ring is 1. The number of nitrogens with two attached hydrogens (primary N) is 1. The Bertz CT molecular complexity index is 337. The molecule has 3 nitrogen and oxygen atoms in total. The van der Waals surface area contributed by atoms with Crippen molar-refractivity contribution in [3.8, 4) is 0 Å². The van der Waals surface area contributed by atoms with Crippen LogP contribution in [0.5, 0.6) is 0 Å². The Hall–Kier alpha value is -1.04. The van der Waals surface area contributed by atoms with Crippen LogP contribution in [0.3, 0.4) is 0 Å². The standard InChI is InChI=1S/C6H5ClF3N3/c1-2-3(6(8,9)10)13-4(7)5(11)12-2/h1H3,(H2,11,12). The van der Waals surface area contributed by atoms with Gasteiger partial charge in [-0.1, -0.05) is 11.6 Å². The highest BCUT2D eigenvalue weighted by Crippen LogP contribution is 2.31. The van der Waals surface area contributed by atoms with E-state index in [-0.39, 0.29) is 11.5 Å². The van der Waals surface area contributed by atoms with Crippen molar-refractivity contribution in [1.82, 2.24) is 9.97 Å². The van der Waals surface area contributed by atoms with Gasteiger partial charge in [-0.3, -0.25) is 0 Å². The lowest BCUT2D eigenvalue weighted by atomic mass is 10.3. The molecule has 1 aromatic heterocycles. The smallest absolute Gasteiger partial charge is 0.381 e. The number of alkyl halides is 3. The second-order valence-corrected chi connectivity index (χ2v) is 2.69. The third-order valence-electron chi connectivity index (χ3n) is 1.32. The van der Waals surface area contributed by atoms with E-state index in [9.17, 15) is 13.2 Å². The highest BCUT2D eigenvalue weighted by molar-refractivity contribution is 6.31. The second kappa shape index (κ2) is 3.02. The Balaban J connectivity index is 3.32. The van der Waals surface area contributed by atoms with E-state index in [0.717, 1.165) is 0 Å². The molecule has 0 saturated heterocycles. The predicted molar refractivity (Wildman–Crippen MR) is 41.2 cm³/mol. The first-order chi connectivity index (χ1) is 5.82. The minimum Gasteiger partial charge on any atom is -0.381 e. The van der Waals surface area contributed by atoms with E-state index < -0.39 is 17.0 Å². The van der Waals surface area contributed by atoms with Crippen molar-refractivity contribution in [2.24, 2.45) is 0 Å². The number of aromatic nitrogens is 2. The Labute approximate surface area is 76.7 Å². The third kappa shape index (κ3) is 2.00. The summed E-state index contributed by atoms with van der Waals surface area (Å²) in [7, 11) is 0. The lowest BCUT2D eigenvalue weighted by Gasteiger charge is -2.08. The SMILES string of the molecule is Cc1nc(N)c(Cl)nc1C(F)(F)F. The molecule has 0 spiro atoms. The molecule has 2 N–H and O–H groups in total. The zero-order chi connectivity index (χ0) is 10.2. The van der Waals surface area contributed by atoms with Crippen LogP contribution in [0.25, 0.3) is 0 Å². The van der Waals surface area contributed by atoms with Gasteiger partial charge in [0.15, 0.2) is 16.7 Å². The highest BCUT2D eigenvalue weighted by atomic mass is 35.5. The zero-order valence-corrected chi connectivity index (χ0v) is 7.24. The lowest BCUT2D eigenvalue weighted by Crippen LogP contribution is -2.13. The Morgan fingerprint density at radius 1 is 1.31 bits per heavy atom. The van der Waals surface area contributed by atoms with E-state index in [0.29, 0.717) is 0 Å². The normalized spacial score (nSPS) is 11.8. The minimum absolute atomic E-state index is 0.202. The van der Waals surface area contributed by atoms with Gasteiger partial charge < -0.3 is 5.73 Å². The summed E-state index contributed by atoms with van der Waals surface area (Å²) in [5.41, 5.74) is 3.77. The molecule has 1 heterocycles. The van der Waals surface area contributed by atoms with Crippen molar-refractivity contribution in [3.05, 3.63) is 16.5 Å². The van der Waals surface area contributed by atoms with E-state index in [2.05, 4.69) is 9.97 Å². The maximum Gasteiger partial charge on any atom is 0.435 e. The predicted octanol–water partition coefficient (Wildman–Crippen LogP) is 2.04. The zero-order valence-electron chi connectivity index (χ0n) is 6.48. The third-order valence-corrected chi connectivity index (χ3v) is 1.60. The fourth-order valence-corrected chi connectivity index (χ4v) is 0.911. The fourth-order valence-electron chi connectivity index (χ4n) is 0.785. The summed E-state index contributed by atoms with van der Waals surface area (Å²) in [4.78, 5) is 6.50. The van der Waals surface area contributed by atoms with Crippen LogP contribution in [0.15, 0.2) is 0 Å². The van der Waals surface area contributed by atoms with Crippen LogP contribution in [-0.4, -0.2) is 9.97 Å². The van der Waals surface area contributed by atoms with E-state index in [1.807, 2.05) is 0 Å². The summed E-state index contributed by atoms with van der Waals surface area (Å²) < 4.78 is 36.5. The molecule has 1 aromatic rings. The average molecular weight is 212 g/mol. The second-order valence-electron chi connectivity index (χ2n) is 2.33. The molecule has 0 saturated carbocycles. The molecule has 0 aliphatic heterocycles. The molecule has 7 heteroatoms. The molecule has 1 rings (SSSR count). The molecular weight excluding hydrogens is 207 g/mol. The number of hydrogen-bond donors (Lipinski definition) is 1. The van der Waals surface area contributed by atoms with Crippen molar-refractivity contribution < 1.29 is 13.2 Å². The molecule has 0 aliphatic carbocycles. The summed E-state index contributed by atoms with van der Waals surface area (Å²) >= 11 is 5.29. The van der Waals surface area contributed by atoms with Gasteiger partial charge in [0.05, 0.1) is 5.69 Å². The molecule has 0 aliphatic rings. The van der Waals surface area contributed by atoms with Gasteiger partial charge in [-0.2, -0.15) is 13.2 Å². The quantitative estimate of drug-likeness (QED) is 0.715. The molecule has 0 amide bonds. The van der Waals surface area contributed by atoms with Gasteiger partial charge in [0, 0.05) is 0 Å². The first-order valence-corrected chi connectivity index (χ1v) is 3.57. The van der Waals surface area contributed by atoms with Crippen molar-refractivity contribution >= 4 is 17.4 Å². The monoisotopic (exact) mass is 211 g/mol. The molecular formula is C6H5ClF3N3. The molecule has 13 heavy (non-hydrogen) atoms. The van der Waals surface area contributed by atoms with Gasteiger partial charge in [-0.25, -0.2) is 9.97 Å². The Morgan fingerprint density at radius 2 is 1.85 bits per heavy atom. The molecule has 0 fully saturated rings. The molecule has 0 aromatic carbocycles. The van der Waals surface area contributed by atoms with Crippen molar-refractivity contribution in [3.63, 3.8) is 0 Å². The number of nitrogens with zero attached hydrogens (tertiary/aromatic N) is 2. The maximum atomic E-state index is 12.2. The van der Waals surface area contributed by atoms with Crippen LogP contribution < -0.4 is 5.73 Å². The van der Waals surface area contributed by atoms with Crippen molar-refractivity contribution in [1.29, 1.82) is 0 Å². The maximum absolute atomic E-state index is 12.2. The summed E-state index contributed by atoms with van der Waals surface area (Å²) in [5, 5.41) is -0.432. The van der Waals surface area contributed by atoms with E-state index in [1.54, 1.807) is 0 Å². The first-order valence-electron chi connectivity index (χ1n) is 3.19. The van der Waals surface area contributed by atoms with Crippen LogP contribution in [0.2, 0.25) is 5.15 Å². The van der Waals surface area contributed by atoms with Gasteiger partial charge in [-0.15, -0.1) is 0 Å². The summed E-state index contributed by atoms with van der Waals surface area (Å²) in [6.45, 7) is 1.17. The number of anilines is 1. The van der Waals surface area contributed by atoms with Crippen LogP contribution in [-0.2, 0) is 6.18 Å². The van der Waals surface area contributed by atoms with Crippen LogP contribution in [0, 0.1) is 6.92 Å². The molecule has 72 valence electrons. The first kappa shape index (κ1) is 10.0. The Kier molecular flexibility index (Phi) is 2.34. The van der Waals surface area contributed by atoms with Crippen molar-refractivity contribution in [2.75, 3.05) is 5.73 Å². The number of halogens is 4. The number of hydrogen-bond acceptors (Lipinski definition) is 3. The van der Waals surface area contributed by atoms with E-state index >= 15 is 0 Å². The minimum atomic E-state index is -4.55. The lowest BCUT2D eigenvalue weighted by molar-refractivity contribution is -0.141. The highest BCUT2D eigenvalue weighted by Gasteiger charge is 2.35. The Morgan fingerprint density at radius 3 is 2.31 bits per heavy atom. The molecule has 0 unspecified atom stereocenters. The van der Waals surface area contributed by atoms with Gasteiger partial charge in [0.25, 0.3) is 0 Å². The van der Waals surface area contributed by atoms with Crippen molar-refractivity contribution in [2.45, 2.75) is 13.1 Å². The van der Waals surface area contributed by atoms with Gasteiger partial charge in [0.2, 0.25) is 0 Å². The van der Waals surface area contributed by atoms with Gasteiger partial charge in [0.1, 0.15) is 0 Å². The van der Waals surface area contributed by atoms with Gasteiger partial charge in [-0.05, 0) is 6.92 Å². The van der Waals surface area contributed by atoms with Gasteiger partial charge >= 0.3 is 6.18 Å². The summed E-state index contributed by atoms with van der Waals surface area (Å²) in [6.07, 6.45) is -4.55. The van der Waals surface area contributed by atoms with Crippen LogP contribution in [0.4, 0.5) is 19.0 Å². The molecule has 0 radical (unpaired) electrons. The van der Waals surface area contributed by atoms with Crippen LogP contribution >= 0.6 is 11.6 Å². The number of aryl methyl sites for hydroxylation is 1. The molecule has 0 bridgehead atoms.